The standard InChI is InChI=1S/C10H19N3O2S.2C2HF3O2/c1-4-15-10(14)8-6-16-13(12-8)9(11)5-7(2)3;2*3-2(4,5)1(6)7/h6-7,9,12H,4-5,11H2,1-3H3;2*(H,6,7)/t9-;;/m0../s1. The van der Waals surface area contributed by atoms with E-state index in [-0.39, 0.29) is 12.1 Å². The molecule has 1 aliphatic heterocycles. The van der Waals surface area contributed by atoms with Gasteiger partial charge in [-0.05, 0) is 31.2 Å². The third-order valence-electron chi connectivity index (χ3n) is 2.51. The average molecular weight is 473 g/mol. The van der Waals surface area contributed by atoms with Gasteiger partial charge in [-0.15, -0.1) is 4.41 Å². The Kier molecular flexibility index (Phi) is 13.2. The number of hydrazine groups is 1. The van der Waals surface area contributed by atoms with Gasteiger partial charge in [0.1, 0.15) is 5.70 Å². The summed E-state index contributed by atoms with van der Waals surface area (Å²) in [6.07, 6.45) is -9.42. The first kappa shape index (κ1) is 30.0. The van der Waals surface area contributed by atoms with Crippen LogP contribution in [0, 0.1) is 5.92 Å². The first-order valence-corrected chi connectivity index (χ1v) is 8.72. The molecule has 0 amide bonds. The van der Waals surface area contributed by atoms with E-state index in [2.05, 4.69) is 19.3 Å². The molecule has 0 unspecified atom stereocenters. The molecule has 0 aliphatic carbocycles. The summed E-state index contributed by atoms with van der Waals surface area (Å²) in [6.45, 7) is 6.38. The van der Waals surface area contributed by atoms with E-state index in [1.165, 1.54) is 11.9 Å². The molecule has 0 radical (unpaired) electrons. The van der Waals surface area contributed by atoms with Crippen molar-refractivity contribution < 1.29 is 55.7 Å². The maximum atomic E-state index is 11.4. The number of esters is 1. The number of nitrogens with two attached hydrogens (primary N) is 1. The third-order valence-corrected chi connectivity index (χ3v) is 3.44. The van der Waals surface area contributed by atoms with Crippen molar-refractivity contribution in [1.82, 2.24) is 9.84 Å². The zero-order chi connectivity index (χ0) is 24.3. The summed E-state index contributed by atoms with van der Waals surface area (Å²) < 4.78 is 70.1. The Morgan fingerprint density at radius 1 is 1.13 bits per heavy atom. The van der Waals surface area contributed by atoms with Gasteiger partial charge in [0.15, 0.2) is 0 Å². The predicted molar refractivity (Wildman–Crippen MR) is 92.1 cm³/mol. The smallest absolute Gasteiger partial charge is 0.475 e. The summed E-state index contributed by atoms with van der Waals surface area (Å²) in [4.78, 5) is 29.2. The Morgan fingerprint density at radius 3 is 1.83 bits per heavy atom. The first-order chi connectivity index (χ1) is 13.4. The largest absolute Gasteiger partial charge is 0.490 e. The highest BCUT2D eigenvalue weighted by molar-refractivity contribution is 8.00. The van der Waals surface area contributed by atoms with E-state index < -0.39 is 24.3 Å². The predicted octanol–water partition coefficient (Wildman–Crippen LogP) is 2.46. The quantitative estimate of drug-likeness (QED) is 0.267. The highest BCUT2D eigenvalue weighted by Gasteiger charge is 2.38. The number of nitrogens with one attached hydrogen (secondary N) is 1. The van der Waals surface area contributed by atoms with Crippen molar-refractivity contribution in [2.75, 3.05) is 6.61 Å². The molecule has 0 fully saturated rings. The van der Waals surface area contributed by atoms with Crippen molar-refractivity contribution in [1.29, 1.82) is 0 Å². The molecule has 0 spiro atoms. The molecular formula is C14H21F6N3O6S. The second kappa shape index (κ2) is 13.2. The number of alkyl halides is 6. The van der Waals surface area contributed by atoms with Crippen molar-refractivity contribution >= 4 is 29.9 Å². The lowest BCUT2D eigenvalue weighted by Gasteiger charge is -2.24. The Bertz CT molecular complexity index is 588. The Hall–Kier alpha value is -2.20. The zero-order valence-electron chi connectivity index (χ0n) is 15.9. The minimum atomic E-state index is -5.08. The molecule has 0 aromatic carbocycles. The Labute approximate surface area is 171 Å². The van der Waals surface area contributed by atoms with Crippen LogP contribution in [0.1, 0.15) is 27.2 Å². The van der Waals surface area contributed by atoms with Crippen molar-refractivity contribution in [3.63, 3.8) is 0 Å². The number of halogens is 6. The molecule has 0 aromatic heterocycles. The van der Waals surface area contributed by atoms with E-state index in [4.69, 9.17) is 30.3 Å². The van der Waals surface area contributed by atoms with E-state index in [0.717, 1.165) is 6.42 Å². The van der Waals surface area contributed by atoms with E-state index in [9.17, 15) is 31.1 Å². The van der Waals surface area contributed by atoms with Crippen LogP contribution in [0.3, 0.4) is 0 Å². The van der Waals surface area contributed by atoms with Gasteiger partial charge in [0.2, 0.25) is 0 Å². The lowest BCUT2D eigenvalue weighted by molar-refractivity contribution is -0.193. The number of ether oxygens (including phenoxy) is 1. The monoisotopic (exact) mass is 473 g/mol. The number of rotatable bonds is 5. The molecular weight excluding hydrogens is 452 g/mol. The van der Waals surface area contributed by atoms with Crippen molar-refractivity contribution in [3.05, 3.63) is 11.1 Å². The SMILES string of the molecule is CCOC(=O)C1=CSN([C@H](N)CC(C)C)N1.O=C(O)C(F)(F)F.O=C(O)C(F)(F)F. The lowest BCUT2D eigenvalue weighted by atomic mass is 10.1. The molecule has 30 heavy (non-hydrogen) atoms. The number of hydrogen-bond donors (Lipinski definition) is 4. The Balaban J connectivity index is 0. The molecule has 0 aromatic rings. The van der Waals surface area contributed by atoms with Crippen molar-refractivity contribution in [2.45, 2.75) is 45.7 Å². The van der Waals surface area contributed by atoms with Gasteiger partial charge < -0.3 is 26.1 Å². The van der Waals surface area contributed by atoms with Crippen LogP contribution in [0.4, 0.5) is 26.3 Å². The molecule has 176 valence electrons. The summed E-state index contributed by atoms with van der Waals surface area (Å²) in [5.41, 5.74) is 9.36. The number of aliphatic carboxylic acids is 2. The molecule has 1 aliphatic rings. The van der Waals surface area contributed by atoms with Gasteiger partial charge in [-0.25, -0.2) is 14.4 Å². The van der Waals surface area contributed by atoms with Crippen LogP contribution in [-0.4, -0.2) is 57.7 Å². The molecule has 0 bridgehead atoms. The second-order valence-electron chi connectivity index (χ2n) is 5.60. The van der Waals surface area contributed by atoms with Crippen LogP contribution in [0.2, 0.25) is 0 Å². The van der Waals surface area contributed by atoms with Gasteiger partial charge in [0.25, 0.3) is 0 Å². The summed E-state index contributed by atoms with van der Waals surface area (Å²) in [7, 11) is 0. The Morgan fingerprint density at radius 2 is 1.53 bits per heavy atom. The maximum absolute atomic E-state index is 11.4. The summed E-state index contributed by atoms with van der Waals surface area (Å²) in [6, 6.07) is 0. The van der Waals surface area contributed by atoms with Gasteiger partial charge in [0, 0.05) is 5.41 Å². The van der Waals surface area contributed by atoms with Crippen LogP contribution in [0.25, 0.3) is 0 Å². The normalized spacial score (nSPS) is 15.0. The fraction of sp³-hybridized carbons (Fsp3) is 0.643. The molecule has 0 saturated carbocycles. The van der Waals surface area contributed by atoms with Gasteiger partial charge in [-0.1, -0.05) is 13.8 Å². The van der Waals surface area contributed by atoms with E-state index in [0.29, 0.717) is 18.2 Å². The van der Waals surface area contributed by atoms with Gasteiger partial charge in [-0.3, -0.25) is 0 Å². The number of carbonyl (C=O) groups is 3. The van der Waals surface area contributed by atoms with E-state index >= 15 is 0 Å². The van der Waals surface area contributed by atoms with Gasteiger partial charge in [-0.2, -0.15) is 26.3 Å². The van der Waals surface area contributed by atoms with Crippen LogP contribution in [0.5, 0.6) is 0 Å². The van der Waals surface area contributed by atoms with E-state index in [1.54, 1.807) is 16.7 Å². The topological polar surface area (TPSA) is 142 Å². The van der Waals surface area contributed by atoms with Crippen molar-refractivity contribution in [3.8, 4) is 0 Å². The number of hydrogen-bond acceptors (Lipinski definition) is 8. The third kappa shape index (κ3) is 13.9. The molecule has 0 saturated heterocycles. The number of carbonyl (C=O) groups excluding carboxylic acids is 1. The summed E-state index contributed by atoms with van der Waals surface area (Å²) >= 11 is 1.39. The number of carboxylic acid groups (broad SMARTS) is 2. The first-order valence-electron chi connectivity index (χ1n) is 7.89. The van der Waals surface area contributed by atoms with Crippen molar-refractivity contribution in [2.24, 2.45) is 11.7 Å². The molecule has 5 N–H and O–H groups in total. The minimum Gasteiger partial charge on any atom is -0.475 e. The number of carboxylic acids is 2. The summed E-state index contributed by atoms with van der Waals surface area (Å²) in [5.74, 6) is -5.33. The average Bonchev–Trinajstić information content (AvgIpc) is 3.04. The van der Waals surface area contributed by atoms with Gasteiger partial charge in [0.05, 0.1) is 12.8 Å². The second-order valence-corrected chi connectivity index (χ2v) is 6.44. The molecule has 9 nitrogen and oxygen atoms in total. The van der Waals surface area contributed by atoms with Gasteiger partial charge >= 0.3 is 30.3 Å². The van der Waals surface area contributed by atoms with Crippen LogP contribution in [0.15, 0.2) is 11.1 Å². The molecule has 16 heteroatoms. The molecule has 1 heterocycles. The number of nitrogens with zero attached hydrogens (tertiary/aromatic N) is 1. The molecule has 1 atom stereocenters. The fourth-order valence-corrected chi connectivity index (χ4v) is 2.08. The van der Waals surface area contributed by atoms with Crippen LogP contribution < -0.4 is 11.2 Å². The minimum absolute atomic E-state index is 0.117. The van der Waals surface area contributed by atoms with Crippen LogP contribution >= 0.6 is 11.9 Å². The van der Waals surface area contributed by atoms with Crippen LogP contribution in [-0.2, 0) is 19.1 Å². The van der Waals surface area contributed by atoms with E-state index in [1.807, 2.05) is 0 Å². The highest BCUT2D eigenvalue weighted by atomic mass is 32.2. The molecule has 1 rings (SSSR count). The maximum Gasteiger partial charge on any atom is 0.490 e. The fourth-order valence-electron chi connectivity index (χ4n) is 1.32. The lowest BCUT2D eigenvalue weighted by Crippen LogP contribution is -2.44. The zero-order valence-corrected chi connectivity index (χ0v) is 16.7. The summed E-state index contributed by atoms with van der Waals surface area (Å²) in [5, 5.41) is 16.0. The highest BCUT2D eigenvalue weighted by Crippen LogP contribution is 2.23.